The summed E-state index contributed by atoms with van der Waals surface area (Å²) >= 11 is 3.44. The van der Waals surface area contributed by atoms with Crippen molar-refractivity contribution in [1.82, 2.24) is 25.5 Å². The fourth-order valence-electron chi connectivity index (χ4n) is 1.61. The second kappa shape index (κ2) is 6.60. The largest absolute Gasteiger partial charge is 0.352 e. The molecule has 0 radical (unpaired) electrons. The Morgan fingerprint density at radius 3 is 2.90 bits per heavy atom. The van der Waals surface area contributed by atoms with Crippen LogP contribution in [0.3, 0.4) is 0 Å². The molecule has 0 aliphatic rings. The van der Waals surface area contributed by atoms with Crippen molar-refractivity contribution in [2.45, 2.75) is 32.9 Å². The zero-order valence-electron chi connectivity index (χ0n) is 11.4. The van der Waals surface area contributed by atoms with Crippen molar-refractivity contribution >= 4 is 21.8 Å². The van der Waals surface area contributed by atoms with E-state index < -0.39 is 0 Å². The fraction of sp³-hybridized carbons (Fsp3) is 0.385. The van der Waals surface area contributed by atoms with Crippen LogP contribution >= 0.6 is 15.9 Å². The number of hydrogen-bond donors (Lipinski definition) is 1. The molecule has 1 N–H and O–H groups in total. The number of nitrogens with one attached hydrogen (secondary N) is 1. The van der Waals surface area contributed by atoms with Gasteiger partial charge in [0.1, 0.15) is 6.54 Å². The zero-order chi connectivity index (χ0) is 14.5. The van der Waals surface area contributed by atoms with Crippen LogP contribution in [0.4, 0.5) is 0 Å². The lowest BCUT2D eigenvalue weighted by Crippen LogP contribution is -2.35. The van der Waals surface area contributed by atoms with Gasteiger partial charge in [-0.25, -0.2) is 0 Å². The summed E-state index contributed by atoms with van der Waals surface area (Å²) in [4.78, 5) is 13.0. The molecule has 2 aromatic rings. The van der Waals surface area contributed by atoms with E-state index in [4.69, 9.17) is 0 Å². The highest BCUT2D eigenvalue weighted by Gasteiger charge is 2.12. The molecule has 106 valence electrons. The van der Waals surface area contributed by atoms with Gasteiger partial charge >= 0.3 is 0 Å². The highest BCUT2D eigenvalue weighted by atomic mass is 79.9. The van der Waals surface area contributed by atoms with Crippen LogP contribution in [0.1, 0.15) is 20.3 Å². The molecule has 20 heavy (non-hydrogen) atoms. The minimum absolute atomic E-state index is 0.0712. The summed E-state index contributed by atoms with van der Waals surface area (Å²) in [5, 5.41) is 15.0. The van der Waals surface area contributed by atoms with Crippen LogP contribution < -0.4 is 5.32 Å². The van der Waals surface area contributed by atoms with Gasteiger partial charge in [0.05, 0.1) is 0 Å². The number of aromatic nitrogens is 4. The van der Waals surface area contributed by atoms with Gasteiger partial charge in [0.2, 0.25) is 11.7 Å². The summed E-state index contributed by atoms with van der Waals surface area (Å²) in [6, 6.07) is 7.76. The lowest BCUT2D eigenvalue weighted by molar-refractivity contribution is -0.122. The predicted octanol–water partition coefficient (Wildman–Crippen LogP) is 2.02. The van der Waals surface area contributed by atoms with Crippen LogP contribution in [0.5, 0.6) is 0 Å². The Labute approximate surface area is 125 Å². The van der Waals surface area contributed by atoms with E-state index in [0.717, 1.165) is 16.5 Å². The van der Waals surface area contributed by atoms with Crippen LogP contribution in [0.2, 0.25) is 0 Å². The molecular weight excluding hydrogens is 322 g/mol. The standard InChI is InChI=1S/C13H16BrN5O/c1-3-9(2)15-12(20)8-19-17-13(16-18-19)10-6-4-5-7-11(10)14/h4-7,9H,3,8H2,1-2H3,(H,15,20)/t9-/m1/s1. The van der Waals surface area contributed by atoms with Gasteiger partial charge in [-0.2, -0.15) is 4.80 Å². The number of nitrogens with zero attached hydrogens (tertiary/aromatic N) is 4. The SMILES string of the molecule is CC[C@@H](C)NC(=O)Cn1nnc(-c2ccccc2Br)n1. The Morgan fingerprint density at radius 2 is 2.20 bits per heavy atom. The molecule has 0 aliphatic carbocycles. The second-order valence-corrected chi connectivity index (χ2v) is 5.35. The summed E-state index contributed by atoms with van der Waals surface area (Å²) in [5.41, 5.74) is 0.848. The third kappa shape index (κ3) is 3.63. The molecule has 0 aliphatic heterocycles. The van der Waals surface area contributed by atoms with Gasteiger partial charge in [0.15, 0.2) is 0 Å². The minimum atomic E-state index is -0.115. The summed E-state index contributed by atoms with van der Waals surface area (Å²) < 4.78 is 0.892. The molecule has 0 bridgehead atoms. The number of tetrazole rings is 1. The third-order valence-corrected chi connectivity index (χ3v) is 3.56. The third-order valence-electron chi connectivity index (χ3n) is 2.87. The first-order valence-corrected chi connectivity index (χ1v) is 7.21. The Kier molecular flexibility index (Phi) is 4.84. The molecule has 2 rings (SSSR count). The van der Waals surface area contributed by atoms with Crippen LogP contribution in [-0.2, 0) is 11.3 Å². The first kappa shape index (κ1) is 14.6. The molecule has 1 aromatic heterocycles. The second-order valence-electron chi connectivity index (χ2n) is 4.50. The first-order chi connectivity index (χ1) is 9.60. The topological polar surface area (TPSA) is 72.7 Å². The van der Waals surface area contributed by atoms with Crippen molar-refractivity contribution in [1.29, 1.82) is 0 Å². The molecule has 1 aromatic carbocycles. The molecule has 0 saturated heterocycles. The number of rotatable bonds is 5. The molecule has 1 atom stereocenters. The Hall–Kier alpha value is -1.76. The molecule has 6 nitrogen and oxygen atoms in total. The lowest BCUT2D eigenvalue weighted by atomic mass is 10.2. The van der Waals surface area contributed by atoms with E-state index in [1.807, 2.05) is 38.1 Å². The van der Waals surface area contributed by atoms with E-state index in [9.17, 15) is 4.79 Å². The first-order valence-electron chi connectivity index (χ1n) is 6.42. The van der Waals surface area contributed by atoms with Crippen LogP contribution in [-0.4, -0.2) is 32.2 Å². The maximum Gasteiger partial charge on any atom is 0.243 e. The van der Waals surface area contributed by atoms with Crippen LogP contribution in [0, 0.1) is 0 Å². The van der Waals surface area contributed by atoms with Crippen molar-refractivity contribution in [2.24, 2.45) is 0 Å². The Bertz CT molecular complexity index is 598. The van der Waals surface area contributed by atoms with Gasteiger partial charge in [-0.05, 0) is 30.7 Å². The van der Waals surface area contributed by atoms with Crippen molar-refractivity contribution in [3.05, 3.63) is 28.7 Å². The van der Waals surface area contributed by atoms with E-state index in [1.165, 1.54) is 4.80 Å². The molecule has 7 heteroatoms. The monoisotopic (exact) mass is 337 g/mol. The minimum Gasteiger partial charge on any atom is -0.352 e. The fourth-order valence-corrected chi connectivity index (χ4v) is 2.07. The molecule has 0 saturated carbocycles. The van der Waals surface area contributed by atoms with Crippen LogP contribution in [0.25, 0.3) is 11.4 Å². The molecule has 0 unspecified atom stereocenters. The van der Waals surface area contributed by atoms with E-state index in [1.54, 1.807) is 0 Å². The van der Waals surface area contributed by atoms with E-state index in [0.29, 0.717) is 5.82 Å². The Morgan fingerprint density at radius 1 is 1.45 bits per heavy atom. The van der Waals surface area contributed by atoms with Gasteiger partial charge in [-0.1, -0.05) is 35.0 Å². The maximum absolute atomic E-state index is 11.7. The van der Waals surface area contributed by atoms with Gasteiger partial charge in [-0.15, -0.1) is 10.2 Å². The average Bonchev–Trinajstić information content (AvgIpc) is 2.87. The summed E-state index contributed by atoms with van der Waals surface area (Å²) in [6.07, 6.45) is 0.888. The number of hydrogen-bond acceptors (Lipinski definition) is 4. The summed E-state index contributed by atoms with van der Waals surface area (Å²) in [6.45, 7) is 4.05. The molecule has 0 fully saturated rings. The van der Waals surface area contributed by atoms with Crippen molar-refractivity contribution in [3.8, 4) is 11.4 Å². The van der Waals surface area contributed by atoms with Crippen molar-refractivity contribution in [3.63, 3.8) is 0 Å². The smallest absolute Gasteiger partial charge is 0.243 e. The van der Waals surface area contributed by atoms with Crippen LogP contribution in [0.15, 0.2) is 28.7 Å². The molecule has 0 spiro atoms. The molecule has 1 heterocycles. The van der Waals surface area contributed by atoms with E-state index >= 15 is 0 Å². The number of halogens is 1. The normalized spacial score (nSPS) is 12.2. The highest BCUT2D eigenvalue weighted by Crippen LogP contribution is 2.23. The maximum atomic E-state index is 11.7. The van der Waals surface area contributed by atoms with Crippen molar-refractivity contribution < 1.29 is 4.79 Å². The van der Waals surface area contributed by atoms with Gasteiger partial charge in [0.25, 0.3) is 0 Å². The van der Waals surface area contributed by atoms with Gasteiger partial charge in [-0.3, -0.25) is 4.79 Å². The van der Waals surface area contributed by atoms with E-state index in [-0.39, 0.29) is 18.5 Å². The number of amides is 1. The number of carbonyl (C=O) groups excluding carboxylic acids is 1. The predicted molar refractivity (Wildman–Crippen MR) is 78.8 cm³/mol. The lowest BCUT2D eigenvalue weighted by Gasteiger charge is -2.10. The molecule has 1 amide bonds. The summed E-state index contributed by atoms with van der Waals surface area (Å²) in [7, 11) is 0. The summed E-state index contributed by atoms with van der Waals surface area (Å²) in [5.74, 6) is 0.379. The number of carbonyl (C=O) groups is 1. The quantitative estimate of drug-likeness (QED) is 0.905. The van der Waals surface area contributed by atoms with Crippen molar-refractivity contribution in [2.75, 3.05) is 0 Å². The van der Waals surface area contributed by atoms with Gasteiger partial charge < -0.3 is 5.32 Å². The Balaban J connectivity index is 2.06. The zero-order valence-corrected chi connectivity index (χ0v) is 13.0. The van der Waals surface area contributed by atoms with E-state index in [2.05, 4.69) is 36.7 Å². The number of benzene rings is 1. The molecular formula is C13H16BrN5O. The van der Waals surface area contributed by atoms with Gasteiger partial charge in [0, 0.05) is 16.1 Å². The highest BCUT2D eigenvalue weighted by molar-refractivity contribution is 9.10. The average molecular weight is 338 g/mol.